The van der Waals surface area contributed by atoms with E-state index in [-0.39, 0.29) is 6.61 Å². The van der Waals surface area contributed by atoms with E-state index in [1.807, 2.05) is 0 Å². The Morgan fingerprint density at radius 2 is 2.25 bits per heavy atom. The second-order valence-electron chi connectivity index (χ2n) is 2.20. The van der Waals surface area contributed by atoms with Crippen molar-refractivity contribution in [3.05, 3.63) is 23.4 Å². The molecule has 0 aliphatic carbocycles. The molecule has 1 N–H and O–H groups in total. The lowest BCUT2D eigenvalue weighted by Gasteiger charge is -1.96. The minimum absolute atomic E-state index is 0.190. The quantitative estimate of drug-likeness (QED) is 0.691. The van der Waals surface area contributed by atoms with Crippen LogP contribution in [-0.2, 0) is 6.61 Å². The maximum atomic E-state index is 8.85. The van der Waals surface area contributed by atoms with Crippen LogP contribution in [0.5, 0.6) is 0 Å². The van der Waals surface area contributed by atoms with Gasteiger partial charge in [-0.15, -0.1) is 10.2 Å². The zero-order valence-corrected chi connectivity index (χ0v) is 6.73. The number of halogens is 1. The van der Waals surface area contributed by atoms with Gasteiger partial charge < -0.3 is 5.11 Å². The number of hydrogen-bond donors (Lipinski definition) is 1. The van der Waals surface area contributed by atoms with E-state index in [0.717, 1.165) is 0 Å². The molecule has 2 rings (SSSR count). The summed E-state index contributed by atoms with van der Waals surface area (Å²) in [6.07, 6.45) is 3.00. The number of fused-ring (bicyclic) bond motifs is 1. The minimum atomic E-state index is -0.190. The number of aromatic nitrogens is 4. The number of aliphatic hydroxyl groups excluding tert-OH is 1. The highest BCUT2D eigenvalue weighted by Crippen LogP contribution is 2.10. The lowest BCUT2D eigenvalue weighted by molar-refractivity contribution is 0.270. The predicted octanol–water partition coefficient (Wildman–Crippen LogP) is 0.270. The fourth-order valence-electron chi connectivity index (χ4n) is 0.972. The van der Waals surface area contributed by atoms with Crippen molar-refractivity contribution in [2.45, 2.75) is 6.61 Å². The van der Waals surface area contributed by atoms with Crippen molar-refractivity contribution >= 4 is 17.2 Å². The Kier molecular flexibility index (Phi) is 1.67. The summed E-state index contributed by atoms with van der Waals surface area (Å²) in [6.45, 7) is -0.190. The maximum Gasteiger partial charge on any atom is 0.180 e. The summed E-state index contributed by atoms with van der Waals surface area (Å²) in [4.78, 5) is 3.82. The van der Waals surface area contributed by atoms with Gasteiger partial charge >= 0.3 is 0 Å². The Balaban J connectivity index is 2.83. The molecule has 6 heteroatoms. The average Bonchev–Trinajstić information content (AvgIpc) is 2.49. The highest BCUT2D eigenvalue weighted by Gasteiger charge is 2.06. The van der Waals surface area contributed by atoms with Crippen molar-refractivity contribution < 1.29 is 5.11 Å². The van der Waals surface area contributed by atoms with Crippen LogP contribution >= 0.6 is 11.6 Å². The van der Waals surface area contributed by atoms with Gasteiger partial charge in [0, 0.05) is 0 Å². The molecule has 0 aliphatic rings. The average molecular weight is 185 g/mol. The first-order valence-corrected chi connectivity index (χ1v) is 3.65. The molecule has 2 aromatic rings. The van der Waals surface area contributed by atoms with Crippen LogP contribution in [0, 0.1) is 0 Å². The standard InChI is InChI=1S/C6H5ClN4O/c7-4-1-8-2-5-9-10-6(3-12)11(4)5/h1-2,12H,3H2. The van der Waals surface area contributed by atoms with Gasteiger partial charge in [-0.05, 0) is 0 Å². The predicted molar refractivity (Wildman–Crippen MR) is 41.7 cm³/mol. The summed E-state index contributed by atoms with van der Waals surface area (Å²) < 4.78 is 1.54. The Hall–Kier alpha value is -1.20. The third-order valence-corrected chi connectivity index (χ3v) is 1.75. The number of hydrogen-bond acceptors (Lipinski definition) is 4. The van der Waals surface area contributed by atoms with Gasteiger partial charge in [-0.1, -0.05) is 11.6 Å². The monoisotopic (exact) mass is 184 g/mol. The van der Waals surface area contributed by atoms with Crippen molar-refractivity contribution in [1.82, 2.24) is 19.6 Å². The molecule has 2 aromatic heterocycles. The van der Waals surface area contributed by atoms with Crippen LogP contribution in [0.25, 0.3) is 5.65 Å². The zero-order valence-electron chi connectivity index (χ0n) is 5.98. The summed E-state index contributed by atoms with van der Waals surface area (Å²) in [5.74, 6) is 0.414. The minimum Gasteiger partial charge on any atom is -0.388 e. The molecule has 0 spiro atoms. The topological polar surface area (TPSA) is 63.3 Å². The highest BCUT2D eigenvalue weighted by molar-refractivity contribution is 6.29. The largest absolute Gasteiger partial charge is 0.388 e. The molecule has 0 radical (unpaired) electrons. The van der Waals surface area contributed by atoms with Crippen molar-refractivity contribution in [1.29, 1.82) is 0 Å². The Morgan fingerprint density at radius 3 is 3.00 bits per heavy atom. The van der Waals surface area contributed by atoms with Gasteiger partial charge in [0.1, 0.15) is 11.8 Å². The molecule has 0 bridgehead atoms. The zero-order chi connectivity index (χ0) is 8.55. The fourth-order valence-corrected chi connectivity index (χ4v) is 1.21. The molecular formula is C6H5ClN4O. The van der Waals surface area contributed by atoms with E-state index in [1.54, 1.807) is 0 Å². The van der Waals surface area contributed by atoms with E-state index in [0.29, 0.717) is 16.6 Å². The molecule has 0 amide bonds. The second kappa shape index (κ2) is 2.69. The van der Waals surface area contributed by atoms with Gasteiger partial charge in [0.25, 0.3) is 0 Å². The SMILES string of the molecule is OCc1nnc2cncc(Cl)n12. The van der Waals surface area contributed by atoms with E-state index in [1.165, 1.54) is 16.8 Å². The van der Waals surface area contributed by atoms with Gasteiger partial charge in [-0.25, -0.2) is 0 Å². The summed E-state index contributed by atoms with van der Waals surface area (Å²) >= 11 is 5.79. The van der Waals surface area contributed by atoms with Crippen LogP contribution in [0.1, 0.15) is 5.82 Å². The fraction of sp³-hybridized carbons (Fsp3) is 0.167. The lowest BCUT2D eigenvalue weighted by Crippen LogP contribution is -1.95. The summed E-state index contributed by atoms with van der Waals surface area (Å²) in [6, 6.07) is 0. The summed E-state index contributed by atoms with van der Waals surface area (Å²) in [7, 11) is 0. The molecule has 5 nitrogen and oxygen atoms in total. The van der Waals surface area contributed by atoms with E-state index < -0.39 is 0 Å². The third-order valence-electron chi connectivity index (χ3n) is 1.48. The molecule has 0 aliphatic heterocycles. The van der Waals surface area contributed by atoms with Crippen LogP contribution < -0.4 is 0 Å². The van der Waals surface area contributed by atoms with Gasteiger partial charge in [0.05, 0.1) is 12.4 Å². The van der Waals surface area contributed by atoms with Crippen LogP contribution in [0.15, 0.2) is 12.4 Å². The number of nitrogens with zero attached hydrogens (tertiary/aromatic N) is 4. The normalized spacial score (nSPS) is 10.8. The molecular weight excluding hydrogens is 180 g/mol. The summed E-state index contributed by atoms with van der Waals surface area (Å²) in [5.41, 5.74) is 0.534. The maximum absolute atomic E-state index is 8.85. The van der Waals surface area contributed by atoms with Gasteiger partial charge in [-0.3, -0.25) is 9.38 Å². The van der Waals surface area contributed by atoms with E-state index in [4.69, 9.17) is 16.7 Å². The smallest absolute Gasteiger partial charge is 0.180 e. The Bertz CT molecular complexity index is 413. The Morgan fingerprint density at radius 1 is 1.42 bits per heavy atom. The first-order chi connectivity index (χ1) is 5.83. The van der Waals surface area contributed by atoms with Crippen molar-refractivity contribution in [3.8, 4) is 0 Å². The molecule has 0 saturated carbocycles. The molecule has 62 valence electrons. The van der Waals surface area contributed by atoms with E-state index in [2.05, 4.69) is 15.2 Å². The number of rotatable bonds is 1. The van der Waals surface area contributed by atoms with Crippen LogP contribution in [0.3, 0.4) is 0 Å². The first kappa shape index (κ1) is 7.45. The second-order valence-corrected chi connectivity index (χ2v) is 2.59. The van der Waals surface area contributed by atoms with Crippen molar-refractivity contribution in [2.75, 3.05) is 0 Å². The molecule has 0 unspecified atom stereocenters. The van der Waals surface area contributed by atoms with Crippen molar-refractivity contribution in [3.63, 3.8) is 0 Å². The Labute approximate surface area is 72.6 Å². The molecule has 12 heavy (non-hydrogen) atoms. The van der Waals surface area contributed by atoms with Gasteiger partial charge in [0.2, 0.25) is 0 Å². The highest BCUT2D eigenvalue weighted by atomic mass is 35.5. The first-order valence-electron chi connectivity index (χ1n) is 3.27. The third kappa shape index (κ3) is 0.945. The molecule has 2 heterocycles. The number of aliphatic hydroxyl groups is 1. The molecule has 0 fully saturated rings. The van der Waals surface area contributed by atoms with Crippen molar-refractivity contribution in [2.24, 2.45) is 0 Å². The van der Waals surface area contributed by atoms with Crippen LogP contribution in [-0.4, -0.2) is 24.7 Å². The summed E-state index contributed by atoms with van der Waals surface area (Å²) in [5, 5.41) is 16.7. The van der Waals surface area contributed by atoms with Gasteiger partial charge in [-0.2, -0.15) is 0 Å². The van der Waals surface area contributed by atoms with E-state index >= 15 is 0 Å². The lowest BCUT2D eigenvalue weighted by atomic mass is 10.6. The molecule has 0 saturated heterocycles. The van der Waals surface area contributed by atoms with E-state index in [9.17, 15) is 0 Å². The molecule has 0 atom stereocenters. The molecule has 0 aromatic carbocycles. The van der Waals surface area contributed by atoms with Crippen LogP contribution in [0.4, 0.5) is 0 Å². The van der Waals surface area contributed by atoms with Crippen LogP contribution in [0.2, 0.25) is 5.15 Å². The van der Waals surface area contributed by atoms with Gasteiger partial charge in [0.15, 0.2) is 11.5 Å².